The lowest BCUT2D eigenvalue weighted by Gasteiger charge is -2.13. The molecule has 0 N–H and O–H groups in total. The lowest BCUT2D eigenvalue weighted by Crippen LogP contribution is -2.15. The number of hydrogen-bond donors (Lipinski definition) is 0. The normalized spacial score (nSPS) is 11.8. The summed E-state index contributed by atoms with van der Waals surface area (Å²) in [5.74, 6) is 1.48. The molecule has 1 unspecified atom stereocenters. The van der Waals surface area contributed by atoms with Crippen LogP contribution in [0.4, 0.5) is 0 Å². The number of ether oxygens (including phenoxy) is 1. The minimum atomic E-state index is -0.325. The molecule has 0 aliphatic heterocycles. The van der Waals surface area contributed by atoms with E-state index in [1.807, 2.05) is 41.8 Å². The number of rotatable bonds is 8. The minimum Gasteiger partial charge on any atom is -0.497 e. The van der Waals surface area contributed by atoms with Crippen molar-refractivity contribution in [3.8, 4) is 17.1 Å². The Morgan fingerprint density at radius 3 is 2.48 bits per heavy atom. The van der Waals surface area contributed by atoms with Gasteiger partial charge in [-0.3, -0.25) is 14.3 Å². The molecule has 2 heterocycles. The fraction of sp³-hybridized carbons (Fsp3) is 0.167. The van der Waals surface area contributed by atoms with Crippen LogP contribution in [0.3, 0.4) is 0 Å². The van der Waals surface area contributed by atoms with Crippen molar-refractivity contribution in [2.75, 3.05) is 7.11 Å². The first-order valence-corrected chi connectivity index (χ1v) is 10.8. The molecule has 0 spiro atoms. The number of carbonyl (C=O) groups is 1. The molecule has 2 aromatic carbocycles. The van der Waals surface area contributed by atoms with Crippen molar-refractivity contribution in [3.63, 3.8) is 0 Å². The molecule has 31 heavy (non-hydrogen) atoms. The van der Waals surface area contributed by atoms with Gasteiger partial charge in [-0.15, -0.1) is 10.2 Å². The first-order valence-electron chi connectivity index (χ1n) is 9.88. The molecule has 4 aromatic rings. The topological polar surface area (TPSA) is 69.9 Å². The highest BCUT2D eigenvalue weighted by atomic mass is 32.2. The zero-order chi connectivity index (χ0) is 21.6. The third kappa shape index (κ3) is 4.83. The Balaban J connectivity index is 1.62. The van der Waals surface area contributed by atoms with Crippen molar-refractivity contribution in [1.29, 1.82) is 0 Å². The van der Waals surface area contributed by atoms with Crippen LogP contribution >= 0.6 is 11.8 Å². The van der Waals surface area contributed by atoms with Crippen LogP contribution in [-0.2, 0) is 6.54 Å². The number of Topliss-reactive ketones (excluding diaryl/α,β-unsaturated/α-hetero) is 1. The SMILES string of the molecule is COc1ccc(C(=O)C(C)Sc2nnc(-c3cccnc3)n2Cc2ccccc2)cc1. The Bertz CT molecular complexity index is 1150. The van der Waals surface area contributed by atoms with Gasteiger partial charge in [0, 0.05) is 23.5 Å². The molecule has 2 aromatic heterocycles. The van der Waals surface area contributed by atoms with E-state index in [0.29, 0.717) is 17.3 Å². The summed E-state index contributed by atoms with van der Waals surface area (Å²) in [6.45, 7) is 2.49. The van der Waals surface area contributed by atoms with E-state index in [-0.39, 0.29) is 11.0 Å². The van der Waals surface area contributed by atoms with Crippen molar-refractivity contribution in [2.45, 2.75) is 23.9 Å². The maximum atomic E-state index is 13.0. The molecule has 4 rings (SSSR count). The molecule has 0 aliphatic carbocycles. The number of hydrogen-bond acceptors (Lipinski definition) is 6. The molecule has 0 bridgehead atoms. The average molecular weight is 431 g/mol. The second-order valence-electron chi connectivity index (χ2n) is 6.97. The van der Waals surface area contributed by atoms with Gasteiger partial charge in [0.05, 0.1) is 18.9 Å². The number of aromatic nitrogens is 4. The van der Waals surface area contributed by atoms with E-state index in [1.165, 1.54) is 11.8 Å². The summed E-state index contributed by atoms with van der Waals surface area (Å²) in [6.07, 6.45) is 3.50. The average Bonchev–Trinajstić information content (AvgIpc) is 3.21. The first-order chi connectivity index (χ1) is 15.2. The molecular formula is C24H22N4O2S. The maximum Gasteiger partial charge on any atom is 0.192 e. The Kier molecular flexibility index (Phi) is 6.43. The molecule has 156 valence electrons. The van der Waals surface area contributed by atoms with Gasteiger partial charge in [-0.1, -0.05) is 42.1 Å². The molecular weight excluding hydrogens is 408 g/mol. The van der Waals surface area contributed by atoms with Crippen molar-refractivity contribution < 1.29 is 9.53 Å². The second kappa shape index (κ2) is 9.57. The van der Waals surface area contributed by atoms with Crippen LogP contribution in [0.1, 0.15) is 22.8 Å². The predicted molar refractivity (Wildman–Crippen MR) is 121 cm³/mol. The number of benzene rings is 2. The maximum absolute atomic E-state index is 13.0. The molecule has 0 saturated carbocycles. The van der Waals surface area contributed by atoms with E-state index in [9.17, 15) is 4.79 Å². The summed E-state index contributed by atoms with van der Waals surface area (Å²) < 4.78 is 7.22. The zero-order valence-electron chi connectivity index (χ0n) is 17.3. The molecule has 0 radical (unpaired) electrons. The van der Waals surface area contributed by atoms with Gasteiger partial charge in [0.1, 0.15) is 5.75 Å². The molecule has 0 fully saturated rings. The number of methoxy groups -OCH3 is 1. The van der Waals surface area contributed by atoms with Crippen molar-refractivity contribution >= 4 is 17.5 Å². The fourth-order valence-electron chi connectivity index (χ4n) is 3.19. The number of nitrogens with zero attached hydrogens (tertiary/aromatic N) is 4. The van der Waals surface area contributed by atoms with Gasteiger partial charge in [0.2, 0.25) is 0 Å². The minimum absolute atomic E-state index is 0.0323. The lowest BCUT2D eigenvalue weighted by atomic mass is 10.1. The van der Waals surface area contributed by atoms with E-state index in [0.717, 1.165) is 22.7 Å². The van der Waals surface area contributed by atoms with Crippen LogP contribution in [0.2, 0.25) is 0 Å². The van der Waals surface area contributed by atoms with Crippen molar-refractivity contribution in [1.82, 2.24) is 19.7 Å². The Labute approximate surface area is 185 Å². The summed E-state index contributed by atoms with van der Waals surface area (Å²) >= 11 is 1.41. The summed E-state index contributed by atoms with van der Waals surface area (Å²) in [4.78, 5) is 17.2. The third-order valence-electron chi connectivity index (χ3n) is 4.85. The molecule has 0 saturated heterocycles. The standard InChI is InChI=1S/C24H22N4O2S/c1-17(22(29)19-10-12-21(30-2)13-11-19)31-24-27-26-23(20-9-6-14-25-15-20)28(24)16-18-7-4-3-5-8-18/h3-15,17H,16H2,1-2H3. The highest BCUT2D eigenvalue weighted by Gasteiger charge is 2.22. The van der Waals surface area contributed by atoms with Crippen LogP contribution in [0.25, 0.3) is 11.4 Å². The van der Waals surface area contributed by atoms with Gasteiger partial charge < -0.3 is 4.74 Å². The highest BCUT2D eigenvalue weighted by molar-refractivity contribution is 8.00. The van der Waals surface area contributed by atoms with Crippen molar-refractivity contribution in [2.24, 2.45) is 0 Å². The van der Waals surface area contributed by atoms with Gasteiger partial charge >= 0.3 is 0 Å². The van der Waals surface area contributed by atoms with Crippen LogP contribution in [-0.4, -0.2) is 37.9 Å². The summed E-state index contributed by atoms with van der Waals surface area (Å²) in [7, 11) is 1.61. The largest absolute Gasteiger partial charge is 0.497 e. The smallest absolute Gasteiger partial charge is 0.192 e. The molecule has 6 nitrogen and oxygen atoms in total. The van der Waals surface area contributed by atoms with Crippen LogP contribution in [0, 0.1) is 0 Å². The molecule has 0 amide bonds. The highest BCUT2D eigenvalue weighted by Crippen LogP contribution is 2.29. The zero-order valence-corrected chi connectivity index (χ0v) is 18.1. The summed E-state index contributed by atoms with van der Waals surface area (Å²) in [6, 6.07) is 21.1. The van der Waals surface area contributed by atoms with E-state index in [1.54, 1.807) is 43.8 Å². The van der Waals surface area contributed by atoms with Crippen molar-refractivity contribution in [3.05, 3.63) is 90.3 Å². The Morgan fingerprint density at radius 1 is 1.03 bits per heavy atom. The number of ketones is 1. The van der Waals surface area contributed by atoms with Gasteiger partial charge in [-0.25, -0.2) is 0 Å². The monoisotopic (exact) mass is 430 g/mol. The van der Waals surface area contributed by atoms with E-state index in [4.69, 9.17) is 4.74 Å². The number of carbonyl (C=O) groups excluding carboxylic acids is 1. The van der Waals surface area contributed by atoms with E-state index in [2.05, 4.69) is 27.3 Å². The van der Waals surface area contributed by atoms with Crippen LogP contribution in [0.5, 0.6) is 5.75 Å². The van der Waals surface area contributed by atoms with Gasteiger partial charge in [0.25, 0.3) is 0 Å². The lowest BCUT2D eigenvalue weighted by molar-refractivity contribution is 0.0994. The first kappa shape index (κ1) is 20.8. The Morgan fingerprint density at radius 2 is 1.81 bits per heavy atom. The predicted octanol–water partition coefficient (Wildman–Crippen LogP) is 4.76. The third-order valence-corrected chi connectivity index (χ3v) is 5.93. The Hall–Kier alpha value is -3.45. The molecule has 7 heteroatoms. The fourth-order valence-corrected chi connectivity index (χ4v) is 4.12. The number of pyridine rings is 1. The van der Waals surface area contributed by atoms with Gasteiger partial charge in [-0.05, 0) is 48.9 Å². The molecule has 0 aliphatic rings. The summed E-state index contributed by atoms with van der Waals surface area (Å²) in [5, 5.41) is 9.19. The van der Waals surface area contributed by atoms with E-state index < -0.39 is 0 Å². The van der Waals surface area contributed by atoms with Gasteiger partial charge in [0.15, 0.2) is 16.8 Å². The number of thioether (sulfide) groups is 1. The quantitative estimate of drug-likeness (QED) is 0.296. The van der Waals surface area contributed by atoms with Crippen LogP contribution < -0.4 is 4.74 Å². The van der Waals surface area contributed by atoms with Crippen LogP contribution in [0.15, 0.2) is 84.3 Å². The van der Waals surface area contributed by atoms with Gasteiger partial charge in [-0.2, -0.15) is 0 Å². The van der Waals surface area contributed by atoms with E-state index >= 15 is 0 Å². The second-order valence-corrected chi connectivity index (χ2v) is 8.28. The summed E-state index contributed by atoms with van der Waals surface area (Å²) in [5.41, 5.74) is 2.65. The molecule has 1 atom stereocenters.